The molecule has 0 saturated carbocycles. The predicted octanol–water partition coefficient (Wildman–Crippen LogP) is 2.12. The lowest BCUT2D eigenvalue weighted by atomic mass is 10.2. The lowest BCUT2D eigenvalue weighted by molar-refractivity contribution is -0.139. The minimum absolute atomic E-state index is 0.227. The minimum Gasteiger partial charge on any atom is -0.497 e. The van der Waals surface area contributed by atoms with Crippen LogP contribution in [0.25, 0.3) is 0 Å². The first-order valence-electron chi connectivity index (χ1n) is 7.09. The van der Waals surface area contributed by atoms with Gasteiger partial charge in [0.05, 0.1) is 13.3 Å². The molecule has 2 amide bonds. The Hall–Kier alpha value is -2.86. The lowest BCUT2D eigenvalue weighted by Crippen LogP contribution is -2.37. The summed E-state index contributed by atoms with van der Waals surface area (Å²) in [5.74, 6) is -0.911. The van der Waals surface area contributed by atoms with E-state index < -0.39 is 11.8 Å². The maximum atomic E-state index is 11.7. The summed E-state index contributed by atoms with van der Waals surface area (Å²) in [4.78, 5) is 23.4. The van der Waals surface area contributed by atoms with Crippen LogP contribution in [0.1, 0.15) is 11.1 Å². The molecule has 0 saturated heterocycles. The predicted molar refractivity (Wildman–Crippen MR) is 92.0 cm³/mol. The maximum absolute atomic E-state index is 11.7. The van der Waals surface area contributed by atoms with E-state index in [1.807, 2.05) is 0 Å². The molecule has 2 aromatic carbocycles. The van der Waals surface area contributed by atoms with Crippen molar-refractivity contribution in [2.24, 2.45) is 5.10 Å². The molecule has 0 unspecified atom stereocenters. The van der Waals surface area contributed by atoms with Gasteiger partial charge in [-0.25, -0.2) is 5.43 Å². The van der Waals surface area contributed by atoms with Crippen molar-refractivity contribution in [3.8, 4) is 5.75 Å². The molecule has 0 radical (unpaired) electrons. The zero-order valence-corrected chi connectivity index (χ0v) is 13.7. The van der Waals surface area contributed by atoms with Gasteiger partial charge in [-0.1, -0.05) is 41.9 Å². The van der Waals surface area contributed by atoms with Crippen molar-refractivity contribution in [3.05, 3.63) is 64.7 Å². The third-order valence-electron chi connectivity index (χ3n) is 3.09. The highest BCUT2D eigenvalue weighted by molar-refractivity contribution is 6.35. The quantitative estimate of drug-likeness (QED) is 0.495. The molecular weight excluding hydrogens is 330 g/mol. The first-order valence-corrected chi connectivity index (χ1v) is 7.46. The van der Waals surface area contributed by atoms with E-state index in [0.717, 1.165) is 11.3 Å². The highest BCUT2D eigenvalue weighted by atomic mass is 35.5. The molecule has 0 fully saturated rings. The molecule has 0 aliphatic rings. The van der Waals surface area contributed by atoms with Crippen LogP contribution >= 0.6 is 11.6 Å². The van der Waals surface area contributed by atoms with E-state index >= 15 is 0 Å². The van der Waals surface area contributed by atoms with Gasteiger partial charge in [0, 0.05) is 17.1 Å². The Morgan fingerprint density at radius 1 is 1.12 bits per heavy atom. The van der Waals surface area contributed by atoms with Crippen LogP contribution in [0.4, 0.5) is 0 Å². The number of rotatable bonds is 5. The molecular formula is C17H16ClN3O3. The lowest BCUT2D eigenvalue weighted by Gasteiger charge is -2.05. The average molecular weight is 346 g/mol. The van der Waals surface area contributed by atoms with Crippen molar-refractivity contribution in [1.29, 1.82) is 0 Å². The van der Waals surface area contributed by atoms with Crippen LogP contribution in [0.3, 0.4) is 0 Å². The van der Waals surface area contributed by atoms with Gasteiger partial charge in [-0.3, -0.25) is 9.59 Å². The summed E-state index contributed by atoms with van der Waals surface area (Å²) >= 11 is 5.95. The third kappa shape index (κ3) is 5.10. The molecule has 0 heterocycles. The van der Waals surface area contributed by atoms with Crippen molar-refractivity contribution in [1.82, 2.24) is 10.7 Å². The van der Waals surface area contributed by atoms with Crippen LogP contribution in [0, 0.1) is 0 Å². The Morgan fingerprint density at radius 3 is 2.50 bits per heavy atom. The molecule has 2 N–H and O–H groups in total. The van der Waals surface area contributed by atoms with E-state index in [1.54, 1.807) is 55.6 Å². The first kappa shape index (κ1) is 17.5. The molecule has 2 aromatic rings. The summed E-state index contributed by atoms with van der Waals surface area (Å²) in [5.41, 5.74) is 3.63. The average Bonchev–Trinajstić information content (AvgIpc) is 2.61. The SMILES string of the molecule is COc1ccc(CNC(=O)C(=O)N/N=C/c2ccccc2Cl)cc1. The van der Waals surface area contributed by atoms with Gasteiger partial charge in [-0.15, -0.1) is 0 Å². The van der Waals surface area contributed by atoms with E-state index in [9.17, 15) is 9.59 Å². The molecule has 6 nitrogen and oxygen atoms in total. The van der Waals surface area contributed by atoms with Gasteiger partial charge in [0.2, 0.25) is 0 Å². The van der Waals surface area contributed by atoms with Crippen molar-refractivity contribution >= 4 is 29.6 Å². The number of hydrogen-bond donors (Lipinski definition) is 2. The highest BCUT2D eigenvalue weighted by Gasteiger charge is 2.11. The molecule has 2 rings (SSSR count). The summed E-state index contributed by atoms with van der Waals surface area (Å²) in [5, 5.41) is 6.72. The number of benzene rings is 2. The number of amides is 2. The first-order chi connectivity index (χ1) is 11.6. The van der Waals surface area contributed by atoms with Crippen LogP contribution in [0.5, 0.6) is 5.75 Å². The van der Waals surface area contributed by atoms with Gasteiger partial charge in [0.1, 0.15) is 5.75 Å². The van der Waals surface area contributed by atoms with Gasteiger partial charge in [-0.2, -0.15) is 5.10 Å². The summed E-state index contributed by atoms with van der Waals surface area (Å²) in [6.07, 6.45) is 1.37. The Labute approximate surface area is 144 Å². The number of carbonyl (C=O) groups is 2. The second-order valence-corrected chi connectivity index (χ2v) is 5.16. The van der Waals surface area contributed by atoms with E-state index in [-0.39, 0.29) is 6.54 Å². The van der Waals surface area contributed by atoms with Gasteiger partial charge < -0.3 is 10.1 Å². The number of hydrogen-bond acceptors (Lipinski definition) is 4. The third-order valence-corrected chi connectivity index (χ3v) is 3.44. The summed E-state index contributed by atoms with van der Waals surface area (Å²) in [6.45, 7) is 0.227. The zero-order chi connectivity index (χ0) is 17.4. The molecule has 0 aliphatic carbocycles. The Morgan fingerprint density at radius 2 is 1.83 bits per heavy atom. The molecule has 0 bridgehead atoms. The Kier molecular flexibility index (Phi) is 6.33. The highest BCUT2D eigenvalue weighted by Crippen LogP contribution is 2.12. The van der Waals surface area contributed by atoms with Crippen molar-refractivity contribution < 1.29 is 14.3 Å². The molecule has 0 spiro atoms. The van der Waals surface area contributed by atoms with Crippen LogP contribution in [0.2, 0.25) is 5.02 Å². The zero-order valence-electron chi connectivity index (χ0n) is 13.0. The van der Waals surface area contributed by atoms with E-state index in [4.69, 9.17) is 16.3 Å². The van der Waals surface area contributed by atoms with Gasteiger partial charge in [0.15, 0.2) is 0 Å². The summed E-state index contributed by atoms with van der Waals surface area (Å²) in [7, 11) is 1.57. The van der Waals surface area contributed by atoms with E-state index in [2.05, 4.69) is 15.8 Å². The molecule has 24 heavy (non-hydrogen) atoms. The van der Waals surface area contributed by atoms with Crippen molar-refractivity contribution in [2.45, 2.75) is 6.54 Å². The minimum atomic E-state index is -0.855. The molecule has 124 valence electrons. The van der Waals surface area contributed by atoms with Gasteiger partial charge in [-0.05, 0) is 23.8 Å². The molecule has 0 atom stereocenters. The largest absolute Gasteiger partial charge is 0.497 e. The van der Waals surface area contributed by atoms with Crippen LogP contribution in [0.15, 0.2) is 53.6 Å². The van der Waals surface area contributed by atoms with E-state index in [0.29, 0.717) is 10.6 Å². The van der Waals surface area contributed by atoms with Gasteiger partial charge in [0.25, 0.3) is 0 Å². The Bertz CT molecular complexity index is 745. The fourth-order valence-corrected chi connectivity index (χ4v) is 1.98. The van der Waals surface area contributed by atoms with Crippen LogP contribution < -0.4 is 15.5 Å². The fraction of sp³-hybridized carbons (Fsp3) is 0.118. The number of ether oxygens (including phenoxy) is 1. The maximum Gasteiger partial charge on any atom is 0.329 e. The van der Waals surface area contributed by atoms with Crippen molar-refractivity contribution in [3.63, 3.8) is 0 Å². The van der Waals surface area contributed by atoms with Crippen LogP contribution in [-0.4, -0.2) is 25.1 Å². The number of hydrazone groups is 1. The topological polar surface area (TPSA) is 79.8 Å². The van der Waals surface area contributed by atoms with Gasteiger partial charge >= 0.3 is 11.8 Å². The number of methoxy groups -OCH3 is 1. The van der Waals surface area contributed by atoms with E-state index in [1.165, 1.54) is 6.21 Å². The number of nitrogens with one attached hydrogen (secondary N) is 2. The molecule has 7 heteroatoms. The smallest absolute Gasteiger partial charge is 0.329 e. The monoisotopic (exact) mass is 345 g/mol. The second-order valence-electron chi connectivity index (χ2n) is 4.75. The Balaban J connectivity index is 1.81. The van der Waals surface area contributed by atoms with Crippen molar-refractivity contribution in [2.75, 3.05) is 7.11 Å². The normalized spacial score (nSPS) is 10.4. The number of halogens is 1. The second kappa shape index (κ2) is 8.69. The molecule has 0 aromatic heterocycles. The number of carbonyl (C=O) groups excluding carboxylic acids is 2. The molecule has 0 aliphatic heterocycles. The summed E-state index contributed by atoms with van der Waals surface area (Å²) < 4.78 is 5.05. The summed E-state index contributed by atoms with van der Waals surface area (Å²) in [6, 6.07) is 14.2. The fourth-order valence-electron chi connectivity index (χ4n) is 1.80. The number of nitrogens with zero attached hydrogens (tertiary/aromatic N) is 1. The van der Waals surface area contributed by atoms with Crippen LogP contribution in [-0.2, 0) is 16.1 Å². The standard InChI is InChI=1S/C17H16ClN3O3/c1-24-14-8-6-12(7-9-14)10-19-16(22)17(23)21-20-11-13-4-2-3-5-15(13)18/h2-9,11H,10H2,1H3,(H,19,22)(H,21,23)/b20-11+.